The summed E-state index contributed by atoms with van der Waals surface area (Å²) in [4.78, 5) is 4.55. The summed E-state index contributed by atoms with van der Waals surface area (Å²) in [5.41, 5.74) is 1.01. The van der Waals surface area contributed by atoms with Gasteiger partial charge in [-0.25, -0.2) is 4.98 Å². The predicted molar refractivity (Wildman–Crippen MR) is 85.0 cm³/mol. The van der Waals surface area contributed by atoms with E-state index in [2.05, 4.69) is 17.2 Å². The molecule has 0 aliphatic carbocycles. The minimum Gasteiger partial charge on any atom is -0.497 e. The molecule has 1 heterocycles. The van der Waals surface area contributed by atoms with Crippen molar-refractivity contribution in [1.29, 1.82) is 0 Å². The summed E-state index contributed by atoms with van der Waals surface area (Å²) in [6.45, 7) is 4.75. The highest BCUT2D eigenvalue weighted by atomic mass is 32.1. The molecule has 1 aromatic heterocycles. The molecule has 0 bridgehead atoms. The summed E-state index contributed by atoms with van der Waals surface area (Å²) >= 11 is 1.66. The Morgan fingerprint density at radius 3 is 2.90 bits per heavy atom. The number of nitrogens with zero attached hydrogens (tertiary/aromatic N) is 1. The maximum Gasteiger partial charge on any atom is 0.183 e. The lowest BCUT2D eigenvalue weighted by Crippen LogP contribution is -2.05. The first-order valence-electron chi connectivity index (χ1n) is 7.09. The number of aromatic nitrogens is 1. The molecule has 0 amide bonds. The molecule has 0 fully saturated rings. The van der Waals surface area contributed by atoms with Gasteiger partial charge in [0.1, 0.15) is 5.75 Å². The number of methoxy groups -OCH3 is 1. The Kier molecular flexibility index (Phi) is 6.08. The van der Waals surface area contributed by atoms with Crippen LogP contribution in [0.1, 0.15) is 26.2 Å². The van der Waals surface area contributed by atoms with E-state index in [4.69, 9.17) is 9.47 Å². The van der Waals surface area contributed by atoms with Crippen LogP contribution in [0.2, 0.25) is 0 Å². The number of rotatable bonds is 9. The van der Waals surface area contributed by atoms with E-state index < -0.39 is 0 Å². The van der Waals surface area contributed by atoms with Crippen LogP contribution in [0.4, 0.5) is 5.13 Å². The second-order valence-electron chi connectivity index (χ2n) is 4.60. The lowest BCUT2D eigenvalue weighted by Gasteiger charge is -2.03. The van der Waals surface area contributed by atoms with Gasteiger partial charge in [-0.05, 0) is 31.0 Å². The molecule has 0 saturated carbocycles. The van der Waals surface area contributed by atoms with Crippen LogP contribution >= 0.6 is 11.3 Å². The van der Waals surface area contributed by atoms with Crippen molar-refractivity contribution in [3.63, 3.8) is 0 Å². The minimum absolute atomic E-state index is 0.811. The van der Waals surface area contributed by atoms with Crippen LogP contribution in [0.3, 0.4) is 0 Å². The Morgan fingerprint density at radius 2 is 2.10 bits per heavy atom. The average molecular weight is 294 g/mol. The van der Waals surface area contributed by atoms with Gasteiger partial charge in [0, 0.05) is 19.8 Å². The summed E-state index contributed by atoms with van der Waals surface area (Å²) in [6, 6.07) is 5.95. The van der Waals surface area contributed by atoms with Gasteiger partial charge in [0.2, 0.25) is 0 Å². The van der Waals surface area contributed by atoms with Crippen molar-refractivity contribution in [2.24, 2.45) is 0 Å². The molecule has 2 rings (SSSR count). The van der Waals surface area contributed by atoms with E-state index in [-0.39, 0.29) is 0 Å². The number of benzene rings is 1. The molecule has 20 heavy (non-hydrogen) atoms. The van der Waals surface area contributed by atoms with E-state index in [1.807, 2.05) is 18.2 Å². The average Bonchev–Trinajstić information content (AvgIpc) is 2.87. The maximum atomic E-state index is 5.53. The zero-order chi connectivity index (χ0) is 14.2. The molecule has 110 valence electrons. The highest BCUT2D eigenvalue weighted by molar-refractivity contribution is 7.22. The number of fused-ring (bicyclic) bond motifs is 1. The minimum atomic E-state index is 0.811. The molecule has 0 aliphatic rings. The zero-order valence-corrected chi connectivity index (χ0v) is 13.0. The van der Waals surface area contributed by atoms with E-state index in [9.17, 15) is 0 Å². The van der Waals surface area contributed by atoms with E-state index >= 15 is 0 Å². The summed E-state index contributed by atoms with van der Waals surface area (Å²) < 4.78 is 11.9. The third kappa shape index (κ3) is 4.35. The van der Waals surface area contributed by atoms with Gasteiger partial charge in [-0.3, -0.25) is 0 Å². The quantitative estimate of drug-likeness (QED) is 0.712. The molecule has 0 atom stereocenters. The lowest BCUT2D eigenvalue weighted by atomic mass is 10.3. The first-order valence-corrected chi connectivity index (χ1v) is 7.91. The van der Waals surface area contributed by atoms with Crippen LogP contribution < -0.4 is 10.1 Å². The van der Waals surface area contributed by atoms with Crippen molar-refractivity contribution in [2.45, 2.75) is 26.2 Å². The molecule has 0 radical (unpaired) electrons. The normalized spacial score (nSPS) is 10.9. The van der Waals surface area contributed by atoms with Gasteiger partial charge in [0.15, 0.2) is 5.13 Å². The molecule has 0 unspecified atom stereocenters. The number of anilines is 1. The standard InChI is InChI=1S/C15H22N2O2S/c1-3-4-9-19-10-5-8-16-15-17-13-7-6-12(18-2)11-14(13)20-15/h6-7,11H,3-5,8-10H2,1-2H3,(H,16,17). The predicted octanol–water partition coefficient (Wildman–Crippen LogP) is 3.92. The van der Waals surface area contributed by atoms with Gasteiger partial charge in [-0.15, -0.1) is 0 Å². The second kappa shape index (κ2) is 8.07. The maximum absolute atomic E-state index is 5.53. The van der Waals surface area contributed by atoms with Crippen molar-refractivity contribution in [3.8, 4) is 5.75 Å². The first-order chi connectivity index (χ1) is 9.83. The molecule has 4 nitrogen and oxygen atoms in total. The van der Waals surface area contributed by atoms with Crippen molar-refractivity contribution >= 4 is 26.7 Å². The Labute approximate surface area is 124 Å². The number of hydrogen-bond acceptors (Lipinski definition) is 5. The fraction of sp³-hybridized carbons (Fsp3) is 0.533. The van der Waals surface area contributed by atoms with Crippen LogP contribution in [0.15, 0.2) is 18.2 Å². The van der Waals surface area contributed by atoms with Crippen molar-refractivity contribution in [3.05, 3.63) is 18.2 Å². The fourth-order valence-corrected chi connectivity index (χ4v) is 2.75. The van der Waals surface area contributed by atoms with Gasteiger partial charge < -0.3 is 14.8 Å². The molecule has 0 saturated heterocycles. The van der Waals surface area contributed by atoms with E-state index in [0.29, 0.717) is 0 Å². The number of ether oxygens (including phenoxy) is 2. The van der Waals surface area contributed by atoms with E-state index in [0.717, 1.165) is 53.7 Å². The van der Waals surface area contributed by atoms with Gasteiger partial charge in [0.25, 0.3) is 0 Å². The molecule has 1 N–H and O–H groups in total. The summed E-state index contributed by atoms with van der Waals surface area (Å²) in [5, 5.41) is 4.31. The summed E-state index contributed by atoms with van der Waals surface area (Å²) in [7, 11) is 1.68. The Bertz CT molecular complexity index is 528. The molecule has 2 aromatic rings. The third-order valence-corrected chi connectivity index (χ3v) is 3.96. The molecule has 5 heteroatoms. The number of hydrogen-bond donors (Lipinski definition) is 1. The van der Waals surface area contributed by atoms with Gasteiger partial charge in [0.05, 0.1) is 17.3 Å². The molecule has 1 aromatic carbocycles. The SMILES string of the molecule is CCCCOCCCNc1nc2ccc(OC)cc2s1. The Morgan fingerprint density at radius 1 is 1.25 bits per heavy atom. The number of nitrogens with one attached hydrogen (secondary N) is 1. The summed E-state index contributed by atoms with van der Waals surface area (Å²) in [6.07, 6.45) is 3.34. The van der Waals surface area contributed by atoms with Crippen molar-refractivity contribution < 1.29 is 9.47 Å². The largest absolute Gasteiger partial charge is 0.497 e. The Balaban J connectivity index is 1.76. The van der Waals surface area contributed by atoms with Crippen molar-refractivity contribution in [2.75, 3.05) is 32.2 Å². The monoisotopic (exact) mass is 294 g/mol. The second-order valence-corrected chi connectivity index (χ2v) is 5.63. The molecule has 0 spiro atoms. The molecular formula is C15H22N2O2S. The van der Waals surface area contributed by atoms with E-state index in [1.54, 1.807) is 18.4 Å². The van der Waals surface area contributed by atoms with Crippen LogP contribution in [-0.2, 0) is 4.74 Å². The third-order valence-electron chi connectivity index (χ3n) is 2.98. The van der Waals surface area contributed by atoms with Crippen LogP contribution in [0.5, 0.6) is 5.75 Å². The highest BCUT2D eigenvalue weighted by Gasteiger charge is 2.04. The van der Waals surface area contributed by atoms with Crippen molar-refractivity contribution in [1.82, 2.24) is 4.98 Å². The zero-order valence-electron chi connectivity index (χ0n) is 12.1. The van der Waals surface area contributed by atoms with Crippen LogP contribution in [0.25, 0.3) is 10.2 Å². The van der Waals surface area contributed by atoms with Gasteiger partial charge >= 0.3 is 0 Å². The summed E-state index contributed by atoms with van der Waals surface area (Å²) in [5.74, 6) is 0.872. The molecule has 0 aliphatic heterocycles. The van der Waals surface area contributed by atoms with E-state index in [1.165, 1.54) is 6.42 Å². The number of unbranched alkanes of at least 4 members (excludes halogenated alkanes) is 1. The van der Waals surface area contributed by atoms with Crippen LogP contribution in [-0.4, -0.2) is 31.9 Å². The topological polar surface area (TPSA) is 43.4 Å². The van der Waals surface area contributed by atoms with Gasteiger partial charge in [-0.2, -0.15) is 0 Å². The van der Waals surface area contributed by atoms with Crippen LogP contribution in [0, 0.1) is 0 Å². The fourth-order valence-electron chi connectivity index (χ4n) is 1.83. The van der Waals surface area contributed by atoms with Gasteiger partial charge in [-0.1, -0.05) is 24.7 Å². The first kappa shape index (κ1) is 15.1. The molecular weight excluding hydrogens is 272 g/mol. The number of thiazole rings is 1. The Hall–Kier alpha value is -1.33. The highest BCUT2D eigenvalue weighted by Crippen LogP contribution is 2.28. The lowest BCUT2D eigenvalue weighted by molar-refractivity contribution is 0.131. The smallest absolute Gasteiger partial charge is 0.183 e.